The molecule has 1 amide bonds. The molecule has 1 fully saturated rings. The molecule has 0 bridgehead atoms. The summed E-state index contributed by atoms with van der Waals surface area (Å²) in [5.74, 6) is 0.413. The minimum Gasteiger partial charge on any atom is -0.495 e. The van der Waals surface area contributed by atoms with Crippen molar-refractivity contribution >= 4 is 21.6 Å². The van der Waals surface area contributed by atoms with Gasteiger partial charge in [0.05, 0.1) is 7.11 Å². The Hall–Kier alpha value is -2.54. The molecule has 1 aliphatic rings. The summed E-state index contributed by atoms with van der Waals surface area (Å²) in [6.45, 7) is 2.55. The molecule has 0 aromatic heterocycles. The summed E-state index contributed by atoms with van der Waals surface area (Å²) in [6, 6.07) is 11.5. The largest absolute Gasteiger partial charge is 0.495 e. The molecule has 0 spiro atoms. The van der Waals surface area contributed by atoms with E-state index in [-0.39, 0.29) is 16.6 Å². The zero-order valence-corrected chi connectivity index (χ0v) is 17.7. The molecule has 0 radical (unpaired) electrons. The van der Waals surface area contributed by atoms with Gasteiger partial charge < -0.3 is 10.1 Å². The number of carbonyl (C=O) groups is 1. The van der Waals surface area contributed by atoms with E-state index in [0.717, 1.165) is 18.4 Å². The Kier molecular flexibility index (Phi) is 6.79. The lowest BCUT2D eigenvalue weighted by atomic mass is 9.89. The second kappa shape index (κ2) is 9.31. The predicted octanol–water partition coefficient (Wildman–Crippen LogP) is 4.11. The third-order valence-corrected chi connectivity index (χ3v) is 6.70. The molecule has 0 saturated heterocycles. The fraction of sp³-hybridized carbons (Fsp3) is 0.409. The number of amides is 1. The van der Waals surface area contributed by atoms with Crippen LogP contribution in [0, 0.1) is 12.8 Å². The van der Waals surface area contributed by atoms with Crippen LogP contribution in [0.2, 0.25) is 0 Å². The van der Waals surface area contributed by atoms with E-state index in [9.17, 15) is 13.2 Å². The molecule has 0 heterocycles. The first kappa shape index (κ1) is 21.2. The van der Waals surface area contributed by atoms with E-state index in [0.29, 0.717) is 23.7 Å². The van der Waals surface area contributed by atoms with Crippen molar-refractivity contribution in [3.8, 4) is 5.75 Å². The summed E-state index contributed by atoms with van der Waals surface area (Å²) >= 11 is 0. The van der Waals surface area contributed by atoms with Crippen molar-refractivity contribution in [1.82, 2.24) is 5.32 Å². The fourth-order valence-corrected chi connectivity index (χ4v) is 4.84. The van der Waals surface area contributed by atoms with Crippen molar-refractivity contribution in [3.05, 3.63) is 53.6 Å². The van der Waals surface area contributed by atoms with E-state index in [1.807, 2.05) is 19.1 Å². The molecule has 29 heavy (non-hydrogen) atoms. The van der Waals surface area contributed by atoms with E-state index >= 15 is 0 Å². The normalized spacial score (nSPS) is 15.0. The topological polar surface area (TPSA) is 84.5 Å². The summed E-state index contributed by atoms with van der Waals surface area (Å²) in [4.78, 5) is 12.5. The maximum atomic E-state index is 12.9. The average Bonchev–Trinajstić information content (AvgIpc) is 2.73. The summed E-state index contributed by atoms with van der Waals surface area (Å²) in [5, 5.41) is 2.95. The van der Waals surface area contributed by atoms with Gasteiger partial charge in [0.2, 0.25) is 0 Å². The number of nitrogens with one attached hydrogen (secondary N) is 2. The number of ether oxygens (including phenoxy) is 1. The first-order valence-electron chi connectivity index (χ1n) is 9.95. The highest BCUT2D eigenvalue weighted by atomic mass is 32.2. The van der Waals surface area contributed by atoms with Crippen LogP contribution >= 0.6 is 0 Å². The summed E-state index contributed by atoms with van der Waals surface area (Å²) in [5.41, 5.74) is 1.78. The lowest BCUT2D eigenvalue weighted by Gasteiger charge is -2.21. The van der Waals surface area contributed by atoms with Gasteiger partial charge in [-0.05, 0) is 56.0 Å². The maximum Gasteiger partial charge on any atom is 0.265 e. The molecule has 1 aliphatic carbocycles. The van der Waals surface area contributed by atoms with Crippen molar-refractivity contribution < 1.29 is 17.9 Å². The highest BCUT2D eigenvalue weighted by Gasteiger charge is 2.22. The van der Waals surface area contributed by atoms with Gasteiger partial charge in [-0.3, -0.25) is 9.52 Å². The highest BCUT2D eigenvalue weighted by molar-refractivity contribution is 7.92. The summed E-state index contributed by atoms with van der Waals surface area (Å²) < 4.78 is 33.6. The van der Waals surface area contributed by atoms with Crippen molar-refractivity contribution in [2.75, 3.05) is 18.4 Å². The van der Waals surface area contributed by atoms with E-state index in [1.165, 1.54) is 38.5 Å². The SMILES string of the molecule is COc1ccc(C(=O)NCC2CCCCC2)cc1S(=O)(=O)Nc1ccc(C)cc1. The Balaban J connectivity index is 1.78. The molecule has 3 rings (SSSR count). The van der Waals surface area contributed by atoms with E-state index in [1.54, 1.807) is 18.2 Å². The predicted molar refractivity (Wildman–Crippen MR) is 114 cm³/mol. The fourth-order valence-electron chi connectivity index (χ4n) is 3.59. The molecule has 0 aliphatic heterocycles. The van der Waals surface area contributed by atoms with Gasteiger partial charge in [0.1, 0.15) is 10.6 Å². The van der Waals surface area contributed by atoms with Crippen molar-refractivity contribution in [1.29, 1.82) is 0 Å². The summed E-state index contributed by atoms with van der Waals surface area (Å²) in [6.07, 6.45) is 5.93. The van der Waals surface area contributed by atoms with E-state index in [2.05, 4.69) is 10.0 Å². The number of methoxy groups -OCH3 is 1. The molecule has 0 unspecified atom stereocenters. The van der Waals surface area contributed by atoms with Gasteiger partial charge >= 0.3 is 0 Å². The van der Waals surface area contributed by atoms with Crippen LogP contribution in [0.5, 0.6) is 5.75 Å². The number of hydrogen-bond donors (Lipinski definition) is 2. The van der Waals surface area contributed by atoms with Crippen molar-refractivity contribution in [2.45, 2.75) is 43.9 Å². The lowest BCUT2D eigenvalue weighted by molar-refractivity contribution is 0.0943. The Morgan fingerprint density at radius 3 is 2.41 bits per heavy atom. The lowest BCUT2D eigenvalue weighted by Crippen LogP contribution is -2.30. The molecule has 2 N–H and O–H groups in total. The van der Waals surface area contributed by atoms with Gasteiger partial charge in [0.15, 0.2) is 0 Å². The van der Waals surface area contributed by atoms with Gasteiger partial charge in [-0.15, -0.1) is 0 Å². The van der Waals surface area contributed by atoms with Crippen LogP contribution < -0.4 is 14.8 Å². The smallest absolute Gasteiger partial charge is 0.265 e. The number of benzene rings is 2. The Bertz CT molecular complexity index is 949. The van der Waals surface area contributed by atoms with Crippen LogP contribution in [0.25, 0.3) is 0 Å². The first-order valence-corrected chi connectivity index (χ1v) is 11.4. The molecule has 1 saturated carbocycles. The maximum absolute atomic E-state index is 12.9. The molecule has 6 nitrogen and oxygen atoms in total. The van der Waals surface area contributed by atoms with Crippen molar-refractivity contribution in [2.24, 2.45) is 5.92 Å². The van der Waals surface area contributed by atoms with Crippen LogP contribution in [0.1, 0.15) is 48.0 Å². The Morgan fingerprint density at radius 1 is 1.07 bits per heavy atom. The molecule has 2 aromatic carbocycles. The Morgan fingerprint density at radius 2 is 1.76 bits per heavy atom. The third-order valence-electron chi connectivity index (χ3n) is 5.30. The van der Waals surface area contributed by atoms with Gasteiger partial charge in [-0.25, -0.2) is 8.42 Å². The zero-order valence-electron chi connectivity index (χ0n) is 16.9. The minimum absolute atomic E-state index is 0.0640. The number of rotatable bonds is 7. The zero-order chi connectivity index (χ0) is 20.9. The monoisotopic (exact) mass is 416 g/mol. The average molecular weight is 417 g/mol. The Labute approximate surface area is 172 Å². The quantitative estimate of drug-likeness (QED) is 0.711. The van der Waals surface area contributed by atoms with Crippen LogP contribution in [0.15, 0.2) is 47.4 Å². The van der Waals surface area contributed by atoms with Crippen LogP contribution in [0.3, 0.4) is 0 Å². The minimum atomic E-state index is -3.92. The summed E-state index contributed by atoms with van der Waals surface area (Å²) in [7, 11) is -2.51. The van der Waals surface area contributed by atoms with Crippen LogP contribution in [-0.4, -0.2) is 28.0 Å². The van der Waals surface area contributed by atoms with Gasteiger partial charge in [0, 0.05) is 17.8 Å². The molecular formula is C22H28N2O4S. The number of carbonyl (C=O) groups excluding carboxylic acids is 1. The number of anilines is 1. The van der Waals surface area contributed by atoms with Gasteiger partial charge in [-0.2, -0.15) is 0 Å². The highest BCUT2D eigenvalue weighted by Crippen LogP contribution is 2.27. The van der Waals surface area contributed by atoms with E-state index in [4.69, 9.17) is 4.74 Å². The van der Waals surface area contributed by atoms with Crippen LogP contribution in [-0.2, 0) is 10.0 Å². The van der Waals surface area contributed by atoms with Gasteiger partial charge in [0.25, 0.3) is 15.9 Å². The van der Waals surface area contributed by atoms with Crippen molar-refractivity contribution in [3.63, 3.8) is 0 Å². The second-order valence-electron chi connectivity index (χ2n) is 7.55. The number of sulfonamides is 1. The molecule has 2 aromatic rings. The molecule has 0 atom stereocenters. The standard InChI is InChI=1S/C22H28N2O4S/c1-16-8-11-19(12-9-16)24-29(26,27)21-14-18(10-13-20(21)28-2)22(25)23-15-17-6-4-3-5-7-17/h8-14,17,24H,3-7,15H2,1-2H3,(H,23,25). The number of aryl methyl sites for hydroxylation is 1. The molecule has 156 valence electrons. The first-order chi connectivity index (χ1) is 13.9. The number of hydrogen-bond acceptors (Lipinski definition) is 4. The molecule has 7 heteroatoms. The van der Waals surface area contributed by atoms with E-state index < -0.39 is 10.0 Å². The van der Waals surface area contributed by atoms with Gasteiger partial charge in [-0.1, -0.05) is 37.0 Å². The second-order valence-corrected chi connectivity index (χ2v) is 9.20. The van der Waals surface area contributed by atoms with Crippen LogP contribution in [0.4, 0.5) is 5.69 Å². The third kappa shape index (κ3) is 5.50. The molecular weight excluding hydrogens is 388 g/mol.